The van der Waals surface area contributed by atoms with Gasteiger partial charge in [0.25, 0.3) is 0 Å². The lowest BCUT2D eigenvalue weighted by Crippen LogP contribution is -2.41. The van der Waals surface area contributed by atoms with Crippen LogP contribution in [-0.2, 0) is 17.8 Å². The van der Waals surface area contributed by atoms with Crippen molar-refractivity contribution >= 4 is 28.9 Å². The molecule has 3 atom stereocenters. The van der Waals surface area contributed by atoms with Crippen LogP contribution in [0.15, 0.2) is 29.6 Å². The van der Waals surface area contributed by atoms with Crippen LogP contribution in [0.4, 0.5) is 0 Å². The number of carboxylic acids is 1. The summed E-state index contributed by atoms with van der Waals surface area (Å²) in [5.74, 6) is -0.145. The maximum atomic E-state index is 11.7. The maximum Gasteiger partial charge on any atom is 0.320 e. The molecule has 4 rings (SSSR count). The van der Waals surface area contributed by atoms with E-state index in [1.165, 1.54) is 24.8 Å². The molecule has 1 N–H and O–H groups in total. The first kappa shape index (κ1) is 18.0. The first-order valence-corrected chi connectivity index (χ1v) is 10.5. The molecule has 1 aromatic carbocycles. The van der Waals surface area contributed by atoms with Gasteiger partial charge >= 0.3 is 5.97 Å². The van der Waals surface area contributed by atoms with E-state index in [1.807, 2.05) is 24.3 Å². The molecule has 2 aromatic rings. The topological polar surface area (TPSA) is 53.4 Å². The molecule has 0 spiro atoms. The van der Waals surface area contributed by atoms with E-state index in [0.717, 1.165) is 35.0 Å². The molecule has 1 saturated carbocycles. The largest absolute Gasteiger partial charge is 0.480 e. The Morgan fingerprint density at radius 3 is 2.81 bits per heavy atom. The van der Waals surface area contributed by atoms with Gasteiger partial charge in [-0.05, 0) is 42.9 Å². The molecular weight excluding hydrogens is 368 g/mol. The second-order valence-electron chi connectivity index (χ2n) is 7.41. The molecule has 138 valence electrons. The SMILES string of the molecule is O=C(O)C1CC2CCCCC2N1Cc1csc(Cc2ccc(Cl)cc2)n1. The number of carbonyl (C=O) groups is 1. The first-order valence-electron chi connectivity index (χ1n) is 9.26. The summed E-state index contributed by atoms with van der Waals surface area (Å²) in [6, 6.07) is 7.90. The summed E-state index contributed by atoms with van der Waals surface area (Å²) < 4.78 is 0. The third-order valence-electron chi connectivity index (χ3n) is 5.72. The minimum Gasteiger partial charge on any atom is -0.480 e. The molecular formula is C20H23ClN2O2S. The lowest BCUT2D eigenvalue weighted by molar-refractivity contribution is -0.142. The van der Waals surface area contributed by atoms with E-state index in [2.05, 4.69) is 10.3 Å². The normalized spacial score (nSPS) is 26.0. The van der Waals surface area contributed by atoms with Crippen molar-refractivity contribution in [3.05, 3.63) is 50.9 Å². The number of halogens is 1. The standard InChI is InChI=1S/C20H23ClN2O2S/c21-15-7-5-13(6-8-15)9-19-22-16(12-26-19)11-23-17-4-2-1-3-14(17)10-18(23)20(24)25/h5-8,12,14,17-18H,1-4,9-11H2,(H,24,25). The van der Waals surface area contributed by atoms with Gasteiger partial charge in [-0.1, -0.05) is 36.6 Å². The highest BCUT2D eigenvalue weighted by Crippen LogP contribution is 2.40. The van der Waals surface area contributed by atoms with E-state index in [-0.39, 0.29) is 6.04 Å². The lowest BCUT2D eigenvalue weighted by atomic mass is 9.85. The number of benzene rings is 1. The number of aliphatic carboxylic acids is 1. The van der Waals surface area contributed by atoms with E-state index in [4.69, 9.17) is 16.6 Å². The van der Waals surface area contributed by atoms with Gasteiger partial charge in [-0.3, -0.25) is 9.69 Å². The van der Waals surface area contributed by atoms with Gasteiger partial charge in [0.1, 0.15) is 6.04 Å². The number of nitrogens with zero attached hydrogens (tertiary/aromatic N) is 2. The smallest absolute Gasteiger partial charge is 0.320 e. The van der Waals surface area contributed by atoms with E-state index >= 15 is 0 Å². The van der Waals surface area contributed by atoms with E-state index in [9.17, 15) is 9.90 Å². The van der Waals surface area contributed by atoms with Gasteiger partial charge in [0, 0.05) is 29.4 Å². The number of carboxylic acid groups (broad SMARTS) is 1. The van der Waals surface area contributed by atoms with Crippen LogP contribution in [-0.4, -0.2) is 33.0 Å². The van der Waals surface area contributed by atoms with Crippen LogP contribution in [0.3, 0.4) is 0 Å². The van der Waals surface area contributed by atoms with Crippen molar-refractivity contribution in [1.82, 2.24) is 9.88 Å². The van der Waals surface area contributed by atoms with Crippen LogP contribution < -0.4 is 0 Å². The van der Waals surface area contributed by atoms with Gasteiger partial charge < -0.3 is 5.11 Å². The van der Waals surface area contributed by atoms with Crippen molar-refractivity contribution in [2.45, 2.75) is 57.2 Å². The molecule has 6 heteroatoms. The maximum absolute atomic E-state index is 11.7. The Labute approximate surface area is 162 Å². The second kappa shape index (κ2) is 7.67. The van der Waals surface area contributed by atoms with Gasteiger partial charge in [0.2, 0.25) is 0 Å². The Hall–Kier alpha value is -1.43. The van der Waals surface area contributed by atoms with E-state index in [0.29, 0.717) is 18.5 Å². The lowest BCUT2D eigenvalue weighted by Gasteiger charge is -2.32. The zero-order valence-electron chi connectivity index (χ0n) is 14.6. The Kier molecular flexibility index (Phi) is 5.30. The molecule has 2 fully saturated rings. The van der Waals surface area contributed by atoms with Crippen LogP contribution in [0.5, 0.6) is 0 Å². The molecule has 0 radical (unpaired) electrons. The number of likely N-dealkylation sites (tertiary alicyclic amines) is 1. The van der Waals surface area contributed by atoms with Crippen LogP contribution in [0, 0.1) is 5.92 Å². The van der Waals surface area contributed by atoms with E-state index < -0.39 is 5.97 Å². The number of rotatable bonds is 5. The summed E-state index contributed by atoms with van der Waals surface area (Å²) in [6.07, 6.45) is 6.32. The third-order valence-corrected chi connectivity index (χ3v) is 6.87. The number of fused-ring (bicyclic) bond motifs is 1. The predicted molar refractivity (Wildman–Crippen MR) is 104 cm³/mol. The molecule has 2 aliphatic rings. The van der Waals surface area contributed by atoms with Crippen LogP contribution >= 0.6 is 22.9 Å². The Bertz CT molecular complexity index is 776. The molecule has 4 nitrogen and oxygen atoms in total. The minimum atomic E-state index is -0.684. The summed E-state index contributed by atoms with van der Waals surface area (Å²) in [4.78, 5) is 18.7. The molecule has 1 aliphatic heterocycles. The zero-order chi connectivity index (χ0) is 18.1. The van der Waals surface area contributed by atoms with E-state index in [1.54, 1.807) is 11.3 Å². The van der Waals surface area contributed by atoms with Crippen molar-refractivity contribution < 1.29 is 9.90 Å². The molecule has 0 amide bonds. The molecule has 1 saturated heterocycles. The van der Waals surface area contributed by atoms with Crippen LogP contribution in [0.1, 0.15) is 48.4 Å². The van der Waals surface area contributed by atoms with Gasteiger partial charge in [-0.15, -0.1) is 11.3 Å². The fourth-order valence-corrected chi connectivity index (χ4v) is 5.43. The van der Waals surface area contributed by atoms with Crippen LogP contribution in [0.2, 0.25) is 5.02 Å². The quantitative estimate of drug-likeness (QED) is 0.810. The molecule has 2 heterocycles. The predicted octanol–water partition coefficient (Wildman–Crippen LogP) is 4.61. The summed E-state index contributed by atoms with van der Waals surface area (Å²) >= 11 is 7.60. The Morgan fingerprint density at radius 1 is 1.27 bits per heavy atom. The third kappa shape index (κ3) is 3.80. The van der Waals surface area contributed by atoms with Gasteiger partial charge in [0.15, 0.2) is 0 Å². The number of hydrogen-bond acceptors (Lipinski definition) is 4. The van der Waals surface area contributed by atoms with Crippen molar-refractivity contribution in [3.63, 3.8) is 0 Å². The average molecular weight is 391 g/mol. The highest BCUT2D eigenvalue weighted by molar-refractivity contribution is 7.09. The monoisotopic (exact) mass is 390 g/mol. The molecule has 26 heavy (non-hydrogen) atoms. The summed E-state index contributed by atoms with van der Waals surface area (Å²) in [6.45, 7) is 0.648. The van der Waals surface area contributed by atoms with Gasteiger partial charge in [-0.2, -0.15) is 0 Å². The fourth-order valence-electron chi connectivity index (χ4n) is 4.49. The van der Waals surface area contributed by atoms with Crippen LogP contribution in [0.25, 0.3) is 0 Å². The van der Waals surface area contributed by atoms with Crippen molar-refractivity contribution in [1.29, 1.82) is 0 Å². The highest BCUT2D eigenvalue weighted by atomic mass is 35.5. The molecule has 1 aromatic heterocycles. The fraction of sp³-hybridized carbons (Fsp3) is 0.500. The zero-order valence-corrected chi connectivity index (χ0v) is 16.2. The molecule has 0 bridgehead atoms. The first-order chi connectivity index (χ1) is 12.6. The Morgan fingerprint density at radius 2 is 2.04 bits per heavy atom. The molecule has 1 aliphatic carbocycles. The average Bonchev–Trinajstić information content (AvgIpc) is 3.22. The number of thiazole rings is 1. The van der Waals surface area contributed by atoms with Crippen molar-refractivity contribution in [2.75, 3.05) is 0 Å². The summed E-state index contributed by atoms with van der Waals surface area (Å²) in [5.41, 5.74) is 2.18. The minimum absolute atomic E-state index is 0.357. The summed E-state index contributed by atoms with van der Waals surface area (Å²) in [7, 11) is 0. The van der Waals surface area contributed by atoms with Crippen molar-refractivity contribution in [3.8, 4) is 0 Å². The van der Waals surface area contributed by atoms with Gasteiger partial charge in [0.05, 0.1) is 10.7 Å². The summed E-state index contributed by atoms with van der Waals surface area (Å²) in [5, 5.41) is 13.5. The van der Waals surface area contributed by atoms with Crippen molar-refractivity contribution in [2.24, 2.45) is 5.92 Å². The highest BCUT2D eigenvalue weighted by Gasteiger charge is 2.45. The second-order valence-corrected chi connectivity index (χ2v) is 8.79. The number of aromatic nitrogens is 1. The molecule has 3 unspecified atom stereocenters. The van der Waals surface area contributed by atoms with Gasteiger partial charge in [-0.25, -0.2) is 4.98 Å². The Balaban J connectivity index is 1.46. The number of hydrogen-bond donors (Lipinski definition) is 1.